The molecule has 0 saturated heterocycles. The highest BCUT2D eigenvalue weighted by molar-refractivity contribution is 5.92. The second kappa shape index (κ2) is 18.5. The van der Waals surface area contributed by atoms with Crippen molar-refractivity contribution in [1.82, 2.24) is 15.7 Å². The quantitative estimate of drug-likeness (QED) is 0.0805. The van der Waals surface area contributed by atoms with E-state index >= 15 is 0 Å². The van der Waals surface area contributed by atoms with Gasteiger partial charge in [-0.15, -0.1) is 0 Å². The van der Waals surface area contributed by atoms with Crippen molar-refractivity contribution in [2.24, 2.45) is 5.92 Å². The summed E-state index contributed by atoms with van der Waals surface area (Å²) in [6, 6.07) is 7.78. The van der Waals surface area contributed by atoms with Crippen LogP contribution in [0.5, 0.6) is 5.75 Å². The fourth-order valence-electron chi connectivity index (χ4n) is 4.62. The molecule has 0 fully saturated rings. The number of hydrogen-bond donors (Lipinski definition) is 3. The lowest BCUT2D eigenvalue weighted by molar-refractivity contribution is -0.195. The van der Waals surface area contributed by atoms with Crippen molar-refractivity contribution in [3.63, 3.8) is 0 Å². The lowest BCUT2D eigenvalue weighted by Gasteiger charge is -2.32. The number of amides is 3. The first kappa shape index (κ1) is 34.3. The molecule has 2 rings (SSSR count). The number of unbranched alkanes of at least 4 members (excludes halogenated alkanes) is 3. The zero-order valence-electron chi connectivity index (χ0n) is 25.1. The second-order valence-electron chi connectivity index (χ2n) is 9.94. The number of carboxylic acid groups (broad SMARTS) is 1. The molecule has 0 aliphatic heterocycles. The summed E-state index contributed by atoms with van der Waals surface area (Å²) in [6.07, 6.45) is 6.10. The van der Waals surface area contributed by atoms with Gasteiger partial charge < -0.3 is 24.9 Å². The average Bonchev–Trinajstić information content (AvgIpc) is 3.47. The number of nitrogens with one attached hydrogen (secondary N) is 2. The minimum absolute atomic E-state index is 0.0502. The summed E-state index contributed by atoms with van der Waals surface area (Å²) in [4.78, 5) is 54.6. The molecule has 11 nitrogen and oxygen atoms in total. The molecule has 11 heteroatoms. The van der Waals surface area contributed by atoms with E-state index in [1.165, 1.54) is 11.1 Å². The third-order valence-electron chi connectivity index (χ3n) is 6.84. The van der Waals surface area contributed by atoms with Crippen molar-refractivity contribution in [3.05, 3.63) is 41.7 Å². The van der Waals surface area contributed by atoms with Gasteiger partial charge in [-0.3, -0.25) is 24.0 Å². The van der Waals surface area contributed by atoms with Gasteiger partial charge in [-0.05, 0) is 44.4 Å². The maximum atomic E-state index is 13.2. The largest absolute Gasteiger partial charge is 0.494 e. The molecule has 42 heavy (non-hydrogen) atoms. The lowest BCUT2D eigenvalue weighted by Crippen LogP contribution is -2.48. The van der Waals surface area contributed by atoms with Gasteiger partial charge in [0.05, 0.1) is 38.3 Å². The molecule has 3 N–H and O–H groups in total. The molecule has 0 bridgehead atoms. The Bertz CT molecular complexity index is 1150. The van der Waals surface area contributed by atoms with Crippen molar-refractivity contribution >= 4 is 24.2 Å². The number of furan rings is 1. The summed E-state index contributed by atoms with van der Waals surface area (Å²) in [7, 11) is 0. The maximum Gasteiger partial charge on any atom is 0.307 e. The Morgan fingerprint density at radius 1 is 1.02 bits per heavy atom. The Morgan fingerprint density at radius 3 is 2.43 bits per heavy atom. The van der Waals surface area contributed by atoms with Crippen molar-refractivity contribution in [2.45, 2.75) is 85.1 Å². The van der Waals surface area contributed by atoms with Crippen LogP contribution in [0.2, 0.25) is 0 Å². The van der Waals surface area contributed by atoms with Gasteiger partial charge in [-0.25, -0.2) is 5.06 Å². The van der Waals surface area contributed by atoms with Crippen LogP contribution in [0, 0.1) is 5.92 Å². The van der Waals surface area contributed by atoms with Crippen LogP contribution in [-0.2, 0) is 25.6 Å². The van der Waals surface area contributed by atoms with Crippen LogP contribution in [0.4, 0.5) is 0 Å². The summed E-state index contributed by atoms with van der Waals surface area (Å²) in [5, 5.41) is 15.8. The van der Waals surface area contributed by atoms with Crippen molar-refractivity contribution in [2.75, 3.05) is 19.9 Å². The van der Waals surface area contributed by atoms with Gasteiger partial charge in [0, 0.05) is 11.1 Å². The topological polar surface area (TPSA) is 147 Å². The van der Waals surface area contributed by atoms with Crippen LogP contribution in [0.3, 0.4) is 0 Å². The van der Waals surface area contributed by atoms with E-state index in [9.17, 15) is 19.2 Å². The number of aliphatic carboxylic acids is 1. The summed E-state index contributed by atoms with van der Waals surface area (Å²) in [6.45, 7) is 8.48. The van der Waals surface area contributed by atoms with Crippen molar-refractivity contribution in [3.8, 4) is 17.1 Å². The highest BCUT2D eigenvalue weighted by Crippen LogP contribution is 2.29. The van der Waals surface area contributed by atoms with Crippen LogP contribution < -0.4 is 15.4 Å². The van der Waals surface area contributed by atoms with Gasteiger partial charge >= 0.3 is 5.97 Å². The first-order valence-electron chi connectivity index (χ1n) is 14.8. The van der Waals surface area contributed by atoms with Crippen molar-refractivity contribution < 1.29 is 38.3 Å². The Hall–Kier alpha value is -3.86. The van der Waals surface area contributed by atoms with Gasteiger partial charge in [0.1, 0.15) is 11.5 Å². The van der Waals surface area contributed by atoms with E-state index in [4.69, 9.17) is 19.1 Å². The van der Waals surface area contributed by atoms with Crippen molar-refractivity contribution in [1.29, 1.82) is 0 Å². The number of ether oxygens (including phenoxy) is 1. The number of hydroxylamine groups is 2. The predicted octanol–water partition coefficient (Wildman–Crippen LogP) is 4.94. The summed E-state index contributed by atoms with van der Waals surface area (Å²) < 4.78 is 11.3. The molecule has 0 aliphatic carbocycles. The molecule has 0 aliphatic rings. The number of carbonyl (C=O) groups is 4. The fraction of sp³-hybridized carbons (Fsp3) is 0.548. The summed E-state index contributed by atoms with van der Waals surface area (Å²) in [5.74, 6) is -1.35. The number of rotatable bonds is 21. The second-order valence-corrected chi connectivity index (χ2v) is 9.94. The first-order chi connectivity index (χ1) is 20.3. The van der Waals surface area contributed by atoms with E-state index in [1.807, 2.05) is 13.8 Å². The minimum atomic E-state index is -0.966. The molecule has 2 aromatic rings. The minimum Gasteiger partial charge on any atom is -0.494 e. The molecule has 1 heterocycles. The van der Waals surface area contributed by atoms with Gasteiger partial charge in [0.2, 0.25) is 12.3 Å². The monoisotopic (exact) mass is 587 g/mol. The zero-order valence-corrected chi connectivity index (χ0v) is 25.1. The Labute approximate surface area is 247 Å². The van der Waals surface area contributed by atoms with Crippen LogP contribution in [-0.4, -0.2) is 60.3 Å². The van der Waals surface area contributed by atoms with Gasteiger partial charge in [0.15, 0.2) is 5.76 Å². The molecule has 2 atom stereocenters. The molecule has 0 radical (unpaired) electrons. The van der Waals surface area contributed by atoms with Crippen LogP contribution in [0.15, 0.2) is 34.7 Å². The van der Waals surface area contributed by atoms with Crippen LogP contribution in [0.1, 0.15) is 88.8 Å². The SMILES string of the molecule is CCCCC[C@@H](C(=O)NCNC(=O)c1ccc(-c2ccc(CC(=O)O)c(OCC)c2)o1)[C@@H](CC)N(C=O)OCCCC. The van der Waals surface area contributed by atoms with E-state index in [0.717, 1.165) is 32.1 Å². The number of benzene rings is 1. The molecule has 0 spiro atoms. The Kier molecular flexibility index (Phi) is 15.2. The highest BCUT2D eigenvalue weighted by Gasteiger charge is 2.32. The van der Waals surface area contributed by atoms with E-state index < -0.39 is 23.8 Å². The molecule has 1 aromatic heterocycles. The van der Waals surface area contributed by atoms with E-state index in [0.29, 0.717) is 55.1 Å². The molecule has 0 unspecified atom stereocenters. The molecular formula is C31H45N3O8. The third-order valence-corrected chi connectivity index (χ3v) is 6.84. The van der Waals surface area contributed by atoms with Crippen LogP contribution >= 0.6 is 0 Å². The number of hydrogen-bond acceptors (Lipinski definition) is 7. The normalized spacial score (nSPS) is 12.3. The molecule has 1 aromatic carbocycles. The van der Waals surface area contributed by atoms with E-state index in [2.05, 4.69) is 17.6 Å². The molecular weight excluding hydrogens is 542 g/mol. The average molecular weight is 588 g/mol. The van der Waals surface area contributed by atoms with E-state index in [-0.39, 0.29) is 24.8 Å². The number of carbonyl (C=O) groups excluding carboxylic acids is 3. The van der Waals surface area contributed by atoms with Crippen LogP contribution in [0.25, 0.3) is 11.3 Å². The number of nitrogens with zero attached hydrogens (tertiary/aromatic N) is 1. The summed E-state index contributed by atoms with van der Waals surface area (Å²) >= 11 is 0. The predicted molar refractivity (Wildman–Crippen MR) is 158 cm³/mol. The molecule has 232 valence electrons. The Balaban J connectivity index is 2.05. The molecule has 3 amide bonds. The smallest absolute Gasteiger partial charge is 0.307 e. The fourth-order valence-corrected chi connectivity index (χ4v) is 4.62. The Morgan fingerprint density at radius 2 is 1.79 bits per heavy atom. The summed E-state index contributed by atoms with van der Waals surface area (Å²) in [5.41, 5.74) is 1.16. The first-order valence-corrected chi connectivity index (χ1v) is 14.8. The number of carboxylic acids is 1. The zero-order chi connectivity index (χ0) is 30.9. The van der Waals surface area contributed by atoms with E-state index in [1.54, 1.807) is 31.2 Å². The standard InChI is InChI=1S/C31H45N3O8/c1-5-9-11-12-24(25(7-3)34(21-35)41-17-10-6-2)30(38)32-20-33-31(39)27-16-15-26(42-27)22-13-14-23(19-29(36)37)28(18-22)40-8-4/h13-16,18,21,24-25H,5-12,17,19-20H2,1-4H3,(H,32,38)(H,33,39)(H,36,37)/t24-,25-/m1/s1. The third kappa shape index (κ3) is 10.5. The maximum absolute atomic E-state index is 13.2. The molecule has 0 saturated carbocycles. The van der Waals surface area contributed by atoms with Gasteiger partial charge in [0.25, 0.3) is 5.91 Å². The lowest BCUT2D eigenvalue weighted by atomic mass is 9.90. The van der Waals surface area contributed by atoms with Gasteiger partial charge in [-0.1, -0.05) is 58.6 Å². The van der Waals surface area contributed by atoms with Gasteiger partial charge in [-0.2, -0.15) is 0 Å². The highest BCUT2D eigenvalue weighted by atomic mass is 16.7.